The minimum absolute atomic E-state index is 0. The van der Waals surface area contributed by atoms with Gasteiger partial charge in [0.05, 0.1) is 12.0 Å². The maximum atomic E-state index is 12.4. The van der Waals surface area contributed by atoms with E-state index in [-0.39, 0.29) is 30.3 Å². The van der Waals surface area contributed by atoms with E-state index in [9.17, 15) is 4.79 Å². The summed E-state index contributed by atoms with van der Waals surface area (Å²) in [6.07, 6.45) is 3.86. The lowest BCUT2D eigenvalue weighted by Crippen LogP contribution is -2.53. The Labute approximate surface area is 139 Å². The maximum Gasteiger partial charge on any atom is 0.225 e. The molecule has 3 atom stereocenters. The van der Waals surface area contributed by atoms with E-state index >= 15 is 0 Å². The fraction of sp³-hybridized carbons (Fsp3) is 0.588. The van der Waals surface area contributed by atoms with Crippen LogP contribution in [0.1, 0.15) is 44.3 Å². The van der Waals surface area contributed by atoms with Crippen LogP contribution in [0.5, 0.6) is 0 Å². The van der Waals surface area contributed by atoms with Crippen molar-refractivity contribution >= 4 is 18.3 Å². The van der Waals surface area contributed by atoms with Crippen molar-refractivity contribution in [1.82, 2.24) is 5.32 Å². The molecule has 4 nitrogen and oxygen atoms in total. The first-order chi connectivity index (χ1) is 10.0. The third-order valence-corrected chi connectivity index (χ3v) is 4.49. The van der Waals surface area contributed by atoms with E-state index in [1.165, 1.54) is 0 Å². The Morgan fingerprint density at radius 3 is 2.68 bits per heavy atom. The Morgan fingerprint density at radius 1 is 1.41 bits per heavy atom. The lowest BCUT2D eigenvalue weighted by Gasteiger charge is -2.37. The lowest BCUT2D eigenvalue weighted by atomic mass is 9.74. The lowest BCUT2D eigenvalue weighted by molar-refractivity contribution is -0.128. The van der Waals surface area contributed by atoms with Crippen LogP contribution >= 0.6 is 12.4 Å². The van der Waals surface area contributed by atoms with Crippen molar-refractivity contribution in [3.63, 3.8) is 0 Å². The molecule has 1 aromatic carbocycles. The second-order valence-electron chi connectivity index (χ2n) is 6.18. The zero-order valence-electron chi connectivity index (χ0n) is 13.4. The largest absolute Gasteiger partial charge is 0.375 e. The summed E-state index contributed by atoms with van der Waals surface area (Å²) >= 11 is 0. The summed E-state index contributed by atoms with van der Waals surface area (Å²) in [4.78, 5) is 12.4. The summed E-state index contributed by atoms with van der Waals surface area (Å²) in [5.41, 5.74) is 6.96. The number of rotatable bonds is 5. The number of halogens is 1. The van der Waals surface area contributed by atoms with Crippen LogP contribution in [0.25, 0.3) is 0 Å². The normalized spacial score (nSPS) is 25.9. The molecule has 124 valence electrons. The van der Waals surface area contributed by atoms with Crippen LogP contribution in [-0.4, -0.2) is 25.1 Å². The third kappa shape index (κ3) is 4.70. The number of nitrogens with one attached hydrogen (secondary N) is 1. The van der Waals surface area contributed by atoms with Gasteiger partial charge in [-0.25, -0.2) is 0 Å². The van der Waals surface area contributed by atoms with Crippen LogP contribution in [0, 0.1) is 5.92 Å². The van der Waals surface area contributed by atoms with Crippen molar-refractivity contribution in [3.8, 4) is 0 Å². The molecule has 1 aliphatic carbocycles. The number of hydrogen-bond donors (Lipinski definition) is 2. The average Bonchev–Trinajstić information content (AvgIpc) is 2.48. The number of methoxy groups -OCH3 is 1. The molecule has 1 aliphatic rings. The van der Waals surface area contributed by atoms with Gasteiger partial charge in [0.2, 0.25) is 5.91 Å². The Morgan fingerprint density at radius 2 is 2.09 bits per heavy atom. The highest BCUT2D eigenvalue weighted by atomic mass is 35.5. The van der Waals surface area contributed by atoms with Crippen LogP contribution in [0.4, 0.5) is 0 Å². The van der Waals surface area contributed by atoms with Gasteiger partial charge in [0.25, 0.3) is 0 Å². The van der Waals surface area contributed by atoms with E-state index in [0.717, 1.165) is 31.2 Å². The predicted molar refractivity (Wildman–Crippen MR) is 91.0 cm³/mol. The van der Waals surface area contributed by atoms with Crippen molar-refractivity contribution in [1.29, 1.82) is 0 Å². The van der Waals surface area contributed by atoms with E-state index in [1.54, 1.807) is 7.11 Å². The molecule has 22 heavy (non-hydrogen) atoms. The Bertz CT molecular complexity index is 465. The highest BCUT2D eigenvalue weighted by Gasteiger charge is 2.37. The summed E-state index contributed by atoms with van der Waals surface area (Å²) in [6.45, 7) is 2.47. The first-order valence-corrected chi connectivity index (χ1v) is 7.69. The van der Waals surface area contributed by atoms with Crippen molar-refractivity contribution in [2.45, 2.75) is 44.2 Å². The number of benzene rings is 1. The summed E-state index contributed by atoms with van der Waals surface area (Å²) < 4.78 is 5.48. The molecule has 5 heteroatoms. The van der Waals surface area contributed by atoms with Crippen molar-refractivity contribution < 1.29 is 9.53 Å². The molecule has 2 rings (SSSR count). The van der Waals surface area contributed by atoms with E-state index in [1.807, 2.05) is 37.3 Å². The van der Waals surface area contributed by atoms with Gasteiger partial charge in [-0.05, 0) is 25.3 Å². The summed E-state index contributed by atoms with van der Waals surface area (Å²) in [6, 6.07) is 9.93. The van der Waals surface area contributed by atoms with Crippen molar-refractivity contribution in [2.24, 2.45) is 11.7 Å². The molecule has 1 saturated carbocycles. The fourth-order valence-electron chi connectivity index (χ4n) is 3.11. The van der Waals surface area contributed by atoms with Gasteiger partial charge >= 0.3 is 0 Å². The standard InChI is InChI=1S/C17H26N2O2.ClH/c1-17(18)11-7-6-10-14(17)16(20)19-12-15(21-2)13-8-4-3-5-9-13;/h3-5,8-9,14-15H,6-7,10-12,18H2,1-2H3,(H,19,20);1H. The molecule has 0 aromatic heterocycles. The molecular formula is C17H27ClN2O2. The molecule has 0 saturated heterocycles. The van der Waals surface area contributed by atoms with Gasteiger partial charge in [-0.2, -0.15) is 0 Å². The topological polar surface area (TPSA) is 64.3 Å². The highest BCUT2D eigenvalue weighted by molar-refractivity contribution is 5.85. The average molecular weight is 327 g/mol. The van der Waals surface area contributed by atoms with Crippen LogP contribution in [0.3, 0.4) is 0 Å². The van der Waals surface area contributed by atoms with E-state index in [2.05, 4.69) is 5.32 Å². The first-order valence-electron chi connectivity index (χ1n) is 7.69. The van der Waals surface area contributed by atoms with Crippen LogP contribution < -0.4 is 11.1 Å². The van der Waals surface area contributed by atoms with Crippen molar-refractivity contribution in [2.75, 3.05) is 13.7 Å². The monoisotopic (exact) mass is 326 g/mol. The third-order valence-electron chi connectivity index (χ3n) is 4.49. The van der Waals surface area contributed by atoms with Crippen LogP contribution in [-0.2, 0) is 9.53 Å². The zero-order valence-corrected chi connectivity index (χ0v) is 14.2. The molecule has 3 N–H and O–H groups in total. The molecule has 3 unspecified atom stereocenters. The quantitative estimate of drug-likeness (QED) is 0.874. The predicted octanol–water partition coefficient (Wildman–Crippen LogP) is 2.82. The van der Waals surface area contributed by atoms with Crippen LogP contribution in [0.2, 0.25) is 0 Å². The molecule has 0 spiro atoms. The Kier molecular flexibility index (Phi) is 7.33. The molecule has 1 amide bonds. The van der Waals surface area contributed by atoms with Gasteiger partial charge in [0.1, 0.15) is 0 Å². The Hall–Kier alpha value is -1.10. The van der Waals surface area contributed by atoms with E-state index in [4.69, 9.17) is 10.5 Å². The number of nitrogens with two attached hydrogens (primary N) is 1. The summed E-state index contributed by atoms with van der Waals surface area (Å²) in [5.74, 6) is -0.0442. The number of ether oxygens (including phenoxy) is 1. The zero-order chi connectivity index (χ0) is 15.3. The van der Waals surface area contributed by atoms with E-state index < -0.39 is 5.54 Å². The molecule has 0 heterocycles. The van der Waals surface area contributed by atoms with Crippen LogP contribution in [0.15, 0.2) is 30.3 Å². The van der Waals surface area contributed by atoms with Gasteiger partial charge in [0, 0.05) is 19.2 Å². The molecule has 0 radical (unpaired) electrons. The van der Waals surface area contributed by atoms with Gasteiger partial charge < -0.3 is 15.8 Å². The minimum Gasteiger partial charge on any atom is -0.375 e. The second kappa shape index (κ2) is 8.51. The van der Waals surface area contributed by atoms with E-state index in [0.29, 0.717) is 6.54 Å². The molecule has 0 aliphatic heterocycles. The molecular weight excluding hydrogens is 300 g/mol. The second-order valence-corrected chi connectivity index (χ2v) is 6.18. The molecule has 1 fully saturated rings. The number of hydrogen-bond acceptors (Lipinski definition) is 3. The first kappa shape index (κ1) is 18.9. The summed E-state index contributed by atoms with van der Waals surface area (Å²) in [5, 5.41) is 3.01. The highest BCUT2D eigenvalue weighted by Crippen LogP contribution is 2.31. The van der Waals surface area contributed by atoms with Gasteiger partial charge in [0.15, 0.2) is 0 Å². The van der Waals surface area contributed by atoms with Gasteiger partial charge in [-0.3, -0.25) is 4.79 Å². The molecule has 0 bridgehead atoms. The Balaban J connectivity index is 0.00000242. The van der Waals surface area contributed by atoms with Gasteiger partial charge in [-0.1, -0.05) is 43.2 Å². The molecule has 1 aromatic rings. The SMILES string of the molecule is COC(CNC(=O)C1CCCCC1(C)N)c1ccccc1.Cl. The summed E-state index contributed by atoms with van der Waals surface area (Å²) in [7, 11) is 1.66. The number of amides is 1. The van der Waals surface area contributed by atoms with Crippen molar-refractivity contribution in [3.05, 3.63) is 35.9 Å². The number of carbonyl (C=O) groups is 1. The smallest absolute Gasteiger partial charge is 0.225 e. The van der Waals surface area contributed by atoms with Gasteiger partial charge in [-0.15, -0.1) is 12.4 Å². The number of carbonyl (C=O) groups excluding carboxylic acids is 1. The maximum absolute atomic E-state index is 12.4. The fourth-order valence-corrected chi connectivity index (χ4v) is 3.11. The minimum atomic E-state index is -0.391.